The second kappa shape index (κ2) is 10.6. The lowest BCUT2D eigenvalue weighted by Crippen LogP contribution is -2.28. The fourth-order valence-corrected chi connectivity index (χ4v) is 1.77. The van der Waals surface area contributed by atoms with Crippen molar-refractivity contribution in [1.29, 1.82) is 0 Å². The Bertz CT molecular complexity index is 312. The van der Waals surface area contributed by atoms with Gasteiger partial charge in [-0.2, -0.15) is 0 Å². The van der Waals surface area contributed by atoms with E-state index in [2.05, 4.69) is 5.32 Å². The average Bonchev–Trinajstić information content (AvgIpc) is 2.30. The predicted molar refractivity (Wildman–Crippen MR) is 80.1 cm³/mol. The molecule has 6 heteroatoms. The van der Waals surface area contributed by atoms with Gasteiger partial charge >= 0.3 is 11.9 Å². The van der Waals surface area contributed by atoms with E-state index in [0.717, 1.165) is 19.4 Å². The lowest BCUT2D eigenvalue weighted by Gasteiger charge is -2.19. The average molecular weight is 303 g/mol. The van der Waals surface area contributed by atoms with Crippen LogP contribution in [0, 0.1) is 0 Å². The van der Waals surface area contributed by atoms with Crippen LogP contribution >= 0.6 is 0 Å². The molecule has 3 N–H and O–H groups in total. The van der Waals surface area contributed by atoms with E-state index in [1.54, 1.807) is 0 Å². The lowest BCUT2D eigenvalue weighted by molar-refractivity contribution is -0.155. The highest BCUT2D eigenvalue weighted by atomic mass is 16.6. The summed E-state index contributed by atoms with van der Waals surface area (Å²) in [5.41, 5.74) is -0.435. The normalized spacial score (nSPS) is 13.0. The Morgan fingerprint density at radius 3 is 2.38 bits per heavy atom. The van der Waals surface area contributed by atoms with Gasteiger partial charge in [-0.15, -0.1) is 0 Å². The van der Waals surface area contributed by atoms with Crippen LogP contribution in [0.2, 0.25) is 0 Å². The maximum absolute atomic E-state index is 11.4. The third-order valence-corrected chi connectivity index (χ3v) is 2.71. The van der Waals surface area contributed by atoms with E-state index in [9.17, 15) is 14.7 Å². The van der Waals surface area contributed by atoms with Crippen molar-refractivity contribution in [2.75, 3.05) is 13.1 Å². The van der Waals surface area contributed by atoms with Gasteiger partial charge in [-0.1, -0.05) is 0 Å². The topological polar surface area (TPSA) is 95.9 Å². The summed E-state index contributed by atoms with van der Waals surface area (Å²) in [5.74, 6) is -1.02. The van der Waals surface area contributed by atoms with Crippen molar-refractivity contribution in [3.8, 4) is 0 Å². The van der Waals surface area contributed by atoms with Crippen molar-refractivity contribution >= 4 is 11.9 Å². The van der Waals surface area contributed by atoms with E-state index >= 15 is 0 Å². The molecular formula is C15H29NO5. The quantitative estimate of drug-likeness (QED) is 0.397. The summed E-state index contributed by atoms with van der Waals surface area (Å²) < 4.78 is 5.20. The molecule has 0 aliphatic heterocycles. The molecule has 0 aromatic heterocycles. The van der Waals surface area contributed by atoms with Gasteiger partial charge in [0, 0.05) is 19.4 Å². The van der Waals surface area contributed by atoms with Crippen molar-refractivity contribution in [3.63, 3.8) is 0 Å². The van der Waals surface area contributed by atoms with Gasteiger partial charge in [0.15, 0.2) is 0 Å². The van der Waals surface area contributed by atoms with Gasteiger partial charge in [0.05, 0.1) is 6.10 Å². The van der Waals surface area contributed by atoms with E-state index in [1.807, 2.05) is 20.8 Å². The van der Waals surface area contributed by atoms with Crippen molar-refractivity contribution in [2.24, 2.45) is 0 Å². The number of ether oxygens (including phenoxy) is 1. The van der Waals surface area contributed by atoms with Crippen molar-refractivity contribution < 1.29 is 24.5 Å². The first-order valence-electron chi connectivity index (χ1n) is 7.53. The number of rotatable bonds is 11. The number of hydrogen-bond acceptors (Lipinski definition) is 5. The summed E-state index contributed by atoms with van der Waals surface area (Å²) >= 11 is 0. The zero-order valence-corrected chi connectivity index (χ0v) is 13.4. The minimum absolute atomic E-state index is 0.0902. The van der Waals surface area contributed by atoms with E-state index in [1.165, 1.54) is 0 Å². The van der Waals surface area contributed by atoms with Gasteiger partial charge in [0.2, 0.25) is 0 Å². The third-order valence-electron chi connectivity index (χ3n) is 2.71. The van der Waals surface area contributed by atoms with E-state index in [4.69, 9.17) is 9.84 Å². The number of hydrogen-bond donors (Lipinski definition) is 3. The number of carbonyl (C=O) groups excluding carboxylic acids is 1. The zero-order chi connectivity index (χ0) is 16.3. The highest BCUT2D eigenvalue weighted by molar-refractivity contribution is 5.69. The fraction of sp³-hybridized carbons (Fsp3) is 0.867. The number of carbonyl (C=O) groups is 2. The summed E-state index contributed by atoms with van der Waals surface area (Å²) in [6.07, 6.45) is 2.52. The van der Waals surface area contributed by atoms with E-state index < -0.39 is 17.7 Å². The molecule has 0 fully saturated rings. The summed E-state index contributed by atoms with van der Waals surface area (Å²) in [5, 5.41) is 21.2. The molecule has 0 aliphatic carbocycles. The summed E-state index contributed by atoms with van der Waals surface area (Å²) in [6.45, 7) is 6.71. The molecule has 0 heterocycles. The molecule has 0 aromatic rings. The third kappa shape index (κ3) is 15.1. The molecule has 1 atom stereocenters. The molecule has 0 amide bonds. The first-order valence-corrected chi connectivity index (χ1v) is 7.53. The highest BCUT2D eigenvalue weighted by Crippen LogP contribution is 2.09. The van der Waals surface area contributed by atoms with Crippen LogP contribution in [-0.4, -0.2) is 46.9 Å². The maximum Gasteiger partial charge on any atom is 0.306 e. The van der Waals surface area contributed by atoms with Gasteiger partial charge in [0.1, 0.15) is 5.60 Å². The highest BCUT2D eigenvalue weighted by Gasteiger charge is 2.15. The van der Waals surface area contributed by atoms with Crippen LogP contribution in [0.15, 0.2) is 0 Å². The van der Waals surface area contributed by atoms with Crippen molar-refractivity contribution in [3.05, 3.63) is 0 Å². The Morgan fingerprint density at radius 2 is 1.81 bits per heavy atom. The number of unbranched alkanes of at least 4 members (excludes halogenated alkanes) is 1. The molecule has 0 radical (unpaired) electrons. The SMILES string of the molecule is CC(C)(C)OC(=O)CCCCNCC(O)CCCC(=O)O. The molecule has 21 heavy (non-hydrogen) atoms. The first-order chi connectivity index (χ1) is 9.70. The maximum atomic E-state index is 11.4. The number of carboxylic acid groups (broad SMARTS) is 1. The van der Waals surface area contributed by atoms with E-state index in [-0.39, 0.29) is 12.4 Å². The predicted octanol–water partition coefficient (Wildman–Crippen LogP) is 1.70. The summed E-state index contributed by atoms with van der Waals surface area (Å²) in [6, 6.07) is 0. The first kappa shape index (κ1) is 19.9. The molecule has 0 saturated carbocycles. The second-order valence-electron chi connectivity index (χ2n) is 6.19. The van der Waals surface area contributed by atoms with Crippen LogP contribution < -0.4 is 5.32 Å². The largest absolute Gasteiger partial charge is 0.481 e. The minimum atomic E-state index is -0.836. The Morgan fingerprint density at radius 1 is 1.14 bits per heavy atom. The number of aliphatic carboxylic acids is 1. The Hall–Kier alpha value is -1.14. The van der Waals surface area contributed by atoms with Gasteiger partial charge in [0.25, 0.3) is 0 Å². The van der Waals surface area contributed by atoms with Crippen LogP contribution in [-0.2, 0) is 14.3 Å². The van der Waals surface area contributed by atoms with Crippen LogP contribution in [0.3, 0.4) is 0 Å². The van der Waals surface area contributed by atoms with Gasteiger partial charge < -0.3 is 20.3 Å². The van der Waals surface area contributed by atoms with Crippen molar-refractivity contribution in [2.45, 2.75) is 71.0 Å². The van der Waals surface area contributed by atoms with Crippen LogP contribution in [0.5, 0.6) is 0 Å². The van der Waals surface area contributed by atoms with Gasteiger partial charge in [-0.3, -0.25) is 9.59 Å². The molecule has 0 bridgehead atoms. The minimum Gasteiger partial charge on any atom is -0.481 e. The number of aliphatic hydroxyl groups excluding tert-OH is 1. The van der Waals surface area contributed by atoms with Crippen LogP contribution in [0.1, 0.15) is 59.3 Å². The zero-order valence-electron chi connectivity index (χ0n) is 13.4. The fourth-order valence-electron chi connectivity index (χ4n) is 1.77. The standard InChI is InChI=1S/C15H29NO5/c1-15(2,3)21-14(20)9-4-5-10-16-11-12(17)7-6-8-13(18)19/h12,16-17H,4-11H2,1-3H3,(H,18,19). The van der Waals surface area contributed by atoms with Crippen LogP contribution in [0.25, 0.3) is 0 Å². The Balaban J connectivity index is 3.43. The molecule has 0 aromatic carbocycles. The molecule has 0 saturated heterocycles. The van der Waals surface area contributed by atoms with E-state index in [0.29, 0.717) is 25.8 Å². The van der Waals surface area contributed by atoms with Crippen molar-refractivity contribution in [1.82, 2.24) is 5.32 Å². The summed E-state index contributed by atoms with van der Waals surface area (Å²) in [4.78, 5) is 21.8. The molecular weight excluding hydrogens is 274 g/mol. The molecule has 6 nitrogen and oxygen atoms in total. The Kier molecular flexibility index (Phi) is 9.99. The smallest absolute Gasteiger partial charge is 0.306 e. The lowest BCUT2D eigenvalue weighted by atomic mass is 10.1. The number of aliphatic hydroxyl groups is 1. The molecule has 0 spiro atoms. The molecule has 0 rings (SSSR count). The van der Waals surface area contributed by atoms with Gasteiger partial charge in [-0.05, 0) is 53.0 Å². The van der Waals surface area contributed by atoms with Gasteiger partial charge in [-0.25, -0.2) is 0 Å². The Labute approximate surface area is 126 Å². The summed E-state index contributed by atoms with van der Waals surface area (Å²) in [7, 11) is 0. The molecule has 0 aliphatic rings. The number of nitrogens with one attached hydrogen (secondary N) is 1. The monoisotopic (exact) mass is 303 g/mol. The molecule has 1 unspecified atom stereocenters. The number of esters is 1. The van der Waals surface area contributed by atoms with Crippen LogP contribution in [0.4, 0.5) is 0 Å². The molecule has 124 valence electrons. The second-order valence-corrected chi connectivity index (χ2v) is 6.19. The number of carboxylic acids is 1.